The van der Waals surface area contributed by atoms with Crippen LogP contribution in [0.2, 0.25) is 0 Å². The van der Waals surface area contributed by atoms with E-state index in [1.165, 1.54) is 32.1 Å². The Morgan fingerprint density at radius 3 is 2.08 bits per heavy atom. The van der Waals surface area contributed by atoms with Crippen molar-refractivity contribution in [2.45, 2.75) is 65.2 Å². The smallest absolute Gasteiger partial charge is 0.331 e. The molecular formula is C19H34O5. The average Bonchev–Trinajstić information content (AvgIpc) is 2.58. The van der Waals surface area contributed by atoms with Crippen LogP contribution in [0, 0.1) is 5.92 Å². The first-order chi connectivity index (χ1) is 11.6. The van der Waals surface area contributed by atoms with Gasteiger partial charge < -0.3 is 14.2 Å². The quantitative estimate of drug-likeness (QED) is 0.255. The van der Waals surface area contributed by atoms with Gasteiger partial charge in [0.2, 0.25) is 0 Å². The summed E-state index contributed by atoms with van der Waals surface area (Å²) >= 11 is 0. The van der Waals surface area contributed by atoms with Crippen LogP contribution in [-0.4, -0.2) is 38.9 Å². The molecule has 0 bridgehead atoms. The van der Waals surface area contributed by atoms with Gasteiger partial charge in [-0.05, 0) is 18.8 Å². The molecule has 0 amide bonds. The van der Waals surface area contributed by atoms with Gasteiger partial charge in [0.25, 0.3) is 0 Å². The van der Waals surface area contributed by atoms with Crippen LogP contribution < -0.4 is 0 Å². The molecule has 0 rings (SSSR count). The molecule has 5 heteroatoms. The third-order valence-electron chi connectivity index (χ3n) is 3.67. The highest BCUT2D eigenvalue weighted by atomic mass is 16.5. The second-order valence-corrected chi connectivity index (χ2v) is 6.14. The van der Waals surface area contributed by atoms with E-state index in [9.17, 15) is 9.59 Å². The fourth-order valence-electron chi connectivity index (χ4n) is 2.09. The zero-order chi connectivity index (χ0) is 18.0. The van der Waals surface area contributed by atoms with Crippen LogP contribution in [0.3, 0.4) is 0 Å². The summed E-state index contributed by atoms with van der Waals surface area (Å²) in [5.41, 5.74) is 0. The van der Waals surface area contributed by atoms with Crippen molar-refractivity contribution in [1.29, 1.82) is 0 Å². The molecule has 0 aromatic rings. The molecule has 140 valence electrons. The lowest BCUT2D eigenvalue weighted by molar-refractivity contribution is -0.141. The number of carbonyl (C=O) groups excluding carboxylic acids is 2. The van der Waals surface area contributed by atoms with Gasteiger partial charge >= 0.3 is 11.9 Å². The van der Waals surface area contributed by atoms with Gasteiger partial charge in [0.1, 0.15) is 0 Å². The molecule has 0 aromatic heterocycles. The second kappa shape index (κ2) is 16.5. The summed E-state index contributed by atoms with van der Waals surface area (Å²) in [6.07, 6.45) is 11.3. The van der Waals surface area contributed by atoms with Crippen molar-refractivity contribution < 1.29 is 23.8 Å². The third kappa shape index (κ3) is 15.5. The van der Waals surface area contributed by atoms with Crippen LogP contribution in [0.1, 0.15) is 65.2 Å². The summed E-state index contributed by atoms with van der Waals surface area (Å²) in [7, 11) is 1.64. The van der Waals surface area contributed by atoms with Crippen molar-refractivity contribution in [3.8, 4) is 0 Å². The van der Waals surface area contributed by atoms with Crippen molar-refractivity contribution in [2.24, 2.45) is 5.92 Å². The fourth-order valence-corrected chi connectivity index (χ4v) is 2.09. The van der Waals surface area contributed by atoms with Gasteiger partial charge in [-0.2, -0.15) is 0 Å². The molecular weight excluding hydrogens is 308 g/mol. The maximum atomic E-state index is 11.5. The van der Waals surface area contributed by atoms with Crippen molar-refractivity contribution in [1.82, 2.24) is 0 Å². The van der Waals surface area contributed by atoms with E-state index in [2.05, 4.69) is 6.92 Å². The molecule has 0 saturated heterocycles. The Balaban J connectivity index is 3.60. The lowest BCUT2D eigenvalue weighted by Gasteiger charge is -2.09. The lowest BCUT2D eigenvalue weighted by atomic mass is 10.1. The molecule has 24 heavy (non-hydrogen) atoms. The van der Waals surface area contributed by atoms with Crippen LogP contribution >= 0.6 is 0 Å². The topological polar surface area (TPSA) is 61.8 Å². The van der Waals surface area contributed by atoms with E-state index in [0.29, 0.717) is 19.8 Å². The van der Waals surface area contributed by atoms with Crippen LogP contribution in [0.15, 0.2) is 12.2 Å². The summed E-state index contributed by atoms with van der Waals surface area (Å²) in [5.74, 6) is -0.788. The average molecular weight is 342 g/mol. The lowest BCUT2D eigenvalue weighted by Crippen LogP contribution is -2.12. The maximum Gasteiger partial charge on any atom is 0.331 e. The summed E-state index contributed by atoms with van der Waals surface area (Å²) in [6, 6.07) is 0. The van der Waals surface area contributed by atoms with E-state index in [4.69, 9.17) is 14.2 Å². The van der Waals surface area contributed by atoms with Crippen molar-refractivity contribution in [3.63, 3.8) is 0 Å². The largest absolute Gasteiger partial charge is 0.463 e. The molecule has 0 saturated carbocycles. The molecule has 0 aliphatic carbocycles. The Kier molecular flexibility index (Phi) is 15.6. The van der Waals surface area contributed by atoms with Crippen LogP contribution in [0.5, 0.6) is 0 Å². The number of carbonyl (C=O) groups is 2. The molecule has 0 aliphatic rings. The summed E-state index contributed by atoms with van der Waals surface area (Å²) < 4.78 is 15.1. The number of esters is 2. The Morgan fingerprint density at radius 1 is 0.875 bits per heavy atom. The molecule has 0 aliphatic heterocycles. The predicted octanol–water partition coefficient (Wildman–Crippen LogP) is 4.05. The Labute approximate surface area is 146 Å². The number of rotatable bonds is 15. The standard InChI is InChI=1S/C19H34O5/c1-4-5-6-7-8-9-10-14-23-18(20)11-12-19(21)24-16-17(2)13-15-22-3/h11-12,17H,4-10,13-16H2,1-3H3/b12-11+. The molecule has 5 nitrogen and oxygen atoms in total. The number of ether oxygens (including phenoxy) is 3. The molecule has 0 spiro atoms. The normalized spacial score (nSPS) is 12.3. The van der Waals surface area contributed by atoms with Crippen LogP contribution in [0.4, 0.5) is 0 Å². The van der Waals surface area contributed by atoms with E-state index < -0.39 is 11.9 Å². The van der Waals surface area contributed by atoms with Gasteiger partial charge in [-0.15, -0.1) is 0 Å². The van der Waals surface area contributed by atoms with Gasteiger partial charge in [-0.25, -0.2) is 9.59 Å². The fraction of sp³-hybridized carbons (Fsp3) is 0.789. The van der Waals surface area contributed by atoms with Gasteiger partial charge in [0.05, 0.1) is 13.2 Å². The minimum Gasteiger partial charge on any atom is -0.463 e. The van der Waals surface area contributed by atoms with E-state index in [0.717, 1.165) is 31.4 Å². The summed E-state index contributed by atoms with van der Waals surface area (Å²) in [6.45, 7) is 5.54. The Bertz CT molecular complexity index is 352. The zero-order valence-electron chi connectivity index (χ0n) is 15.6. The second-order valence-electron chi connectivity index (χ2n) is 6.14. The van der Waals surface area contributed by atoms with E-state index >= 15 is 0 Å². The van der Waals surface area contributed by atoms with Crippen molar-refractivity contribution >= 4 is 11.9 Å². The SMILES string of the molecule is CCCCCCCCCOC(=O)/C=C/C(=O)OCC(C)CCOC. The summed E-state index contributed by atoms with van der Waals surface area (Å²) in [4.78, 5) is 22.9. The molecule has 0 N–H and O–H groups in total. The van der Waals surface area contributed by atoms with Crippen LogP contribution in [-0.2, 0) is 23.8 Å². The highest BCUT2D eigenvalue weighted by Gasteiger charge is 2.06. The molecule has 0 heterocycles. The van der Waals surface area contributed by atoms with Gasteiger partial charge in [0, 0.05) is 25.9 Å². The van der Waals surface area contributed by atoms with E-state index in [1.807, 2.05) is 6.92 Å². The number of hydrogen-bond donors (Lipinski definition) is 0. The first-order valence-electron chi connectivity index (χ1n) is 9.10. The highest BCUT2D eigenvalue weighted by Crippen LogP contribution is 2.07. The Hall–Kier alpha value is -1.36. The first kappa shape index (κ1) is 22.6. The zero-order valence-corrected chi connectivity index (χ0v) is 15.6. The molecule has 0 fully saturated rings. The van der Waals surface area contributed by atoms with Gasteiger partial charge in [-0.1, -0.05) is 52.4 Å². The summed E-state index contributed by atoms with van der Waals surface area (Å²) in [5, 5.41) is 0. The number of methoxy groups -OCH3 is 1. The van der Waals surface area contributed by atoms with Gasteiger partial charge in [0.15, 0.2) is 0 Å². The minimum atomic E-state index is -0.521. The molecule has 0 radical (unpaired) electrons. The molecule has 1 atom stereocenters. The maximum absolute atomic E-state index is 11.5. The highest BCUT2D eigenvalue weighted by molar-refractivity contribution is 5.91. The monoisotopic (exact) mass is 342 g/mol. The number of unbranched alkanes of at least 4 members (excludes halogenated alkanes) is 6. The third-order valence-corrected chi connectivity index (χ3v) is 3.67. The minimum absolute atomic E-state index is 0.228. The van der Waals surface area contributed by atoms with Crippen molar-refractivity contribution in [3.05, 3.63) is 12.2 Å². The predicted molar refractivity (Wildman–Crippen MR) is 94.7 cm³/mol. The van der Waals surface area contributed by atoms with E-state index in [1.54, 1.807) is 7.11 Å². The molecule has 1 unspecified atom stereocenters. The van der Waals surface area contributed by atoms with Gasteiger partial charge in [-0.3, -0.25) is 0 Å². The van der Waals surface area contributed by atoms with E-state index in [-0.39, 0.29) is 5.92 Å². The van der Waals surface area contributed by atoms with Crippen LogP contribution in [0.25, 0.3) is 0 Å². The number of hydrogen-bond acceptors (Lipinski definition) is 5. The van der Waals surface area contributed by atoms with Crippen molar-refractivity contribution in [2.75, 3.05) is 26.9 Å². The molecule has 0 aromatic carbocycles. The first-order valence-corrected chi connectivity index (χ1v) is 9.10. The Morgan fingerprint density at radius 2 is 1.46 bits per heavy atom.